The summed E-state index contributed by atoms with van der Waals surface area (Å²) in [6, 6.07) is 23.6. The van der Waals surface area contributed by atoms with Crippen molar-refractivity contribution in [3.05, 3.63) is 101 Å². The Morgan fingerprint density at radius 3 is 2.63 bits per heavy atom. The predicted molar refractivity (Wildman–Crippen MR) is 141 cm³/mol. The number of pyridine rings is 1. The monoisotopic (exact) mass is 466 g/mol. The van der Waals surface area contributed by atoms with Crippen molar-refractivity contribution in [3.63, 3.8) is 0 Å². The topological polar surface area (TPSA) is 72.9 Å². The molecule has 1 saturated carbocycles. The lowest BCUT2D eigenvalue weighted by Gasteiger charge is -2.27. The standard InChI is InChI=1S/C30H34N4O/c1-21-7-5-10-23(17-21)27(18-29(35)33-25-14-12-24(31)13-15-25)28-20-34(19-22-8-3-2-4-9-22)30-26(28)11-6-16-32-30/h2-11,16-17,20,24-25,27H,12-15,18-19,31H2,1H3,(H,33,35). The summed E-state index contributed by atoms with van der Waals surface area (Å²) in [5.41, 5.74) is 11.7. The number of carbonyl (C=O) groups excluding carboxylic acids is 1. The molecular weight excluding hydrogens is 432 g/mol. The van der Waals surface area contributed by atoms with Gasteiger partial charge in [-0.05, 0) is 61.4 Å². The number of nitrogens with two attached hydrogens (primary N) is 1. The zero-order chi connectivity index (χ0) is 24.2. The van der Waals surface area contributed by atoms with E-state index in [4.69, 9.17) is 10.7 Å². The number of rotatable bonds is 7. The summed E-state index contributed by atoms with van der Waals surface area (Å²) in [6.07, 6.45) is 8.33. The number of nitrogens with one attached hydrogen (secondary N) is 1. The van der Waals surface area contributed by atoms with E-state index in [1.54, 1.807) is 0 Å². The summed E-state index contributed by atoms with van der Waals surface area (Å²) in [5, 5.41) is 4.40. The molecule has 1 atom stereocenters. The second kappa shape index (κ2) is 10.4. The lowest BCUT2D eigenvalue weighted by Crippen LogP contribution is -2.40. The van der Waals surface area contributed by atoms with Crippen molar-refractivity contribution in [2.75, 3.05) is 0 Å². The maximum Gasteiger partial charge on any atom is 0.221 e. The van der Waals surface area contributed by atoms with Crippen LogP contribution in [0.2, 0.25) is 0 Å². The molecule has 2 aromatic heterocycles. The van der Waals surface area contributed by atoms with Gasteiger partial charge in [0.1, 0.15) is 5.65 Å². The van der Waals surface area contributed by atoms with Crippen molar-refractivity contribution < 1.29 is 4.79 Å². The van der Waals surface area contributed by atoms with Crippen LogP contribution < -0.4 is 11.1 Å². The Labute approximate surface area is 207 Å². The average molecular weight is 467 g/mol. The number of fused-ring (bicyclic) bond motifs is 1. The first kappa shape index (κ1) is 23.3. The second-order valence-electron chi connectivity index (χ2n) is 9.92. The van der Waals surface area contributed by atoms with Gasteiger partial charge in [0.05, 0.1) is 0 Å². The van der Waals surface area contributed by atoms with Gasteiger partial charge in [0.15, 0.2) is 0 Å². The van der Waals surface area contributed by atoms with E-state index in [0.717, 1.165) is 54.4 Å². The molecule has 1 aliphatic rings. The molecule has 5 heteroatoms. The molecule has 0 saturated heterocycles. The molecule has 1 aliphatic carbocycles. The van der Waals surface area contributed by atoms with Gasteiger partial charge in [-0.25, -0.2) is 4.98 Å². The minimum atomic E-state index is -0.0514. The van der Waals surface area contributed by atoms with Crippen LogP contribution in [0, 0.1) is 6.92 Å². The number of benzene rings is 2. The maximum atomic E-state index is 13.3. The minimum Gasteiger partial charge on any atom is -0.353 e. The van der Waals surface area contributed by atoms with Gasteiger partial charge in [0.25, 0.3) is 0 Å². The van der Waals surface area contributed by atoms with Crippen LogP contribution in [-0.4, -0.2) is 27.5 Å². The van der Waals surface area contributed by atoms with Crippen molar-refractivity contribution in [1.29, 1.82) is 0 Å². The fourth-order valence-electron chi connectivity index (χ4n) is 5.36. The Kier molecular flexibility index (Phi) is 6.96. The van der Waals surface area contributed by atoms with Crippen LogP contribution in [0.25, 0.3) is 11.0 Å². The van der Waals surface area contributed by atoms with Gasteiger partial charge in [-0.3, -0.25) is 4.79 Å². The fraction of sp³-hybridized carbons (Fsp3) is 0.333. The third-order valence-corrected chi connectivity index (χ3v) is 7.21. The van der Waals surface area contributed by atoms with Gasteiger partial charge in [-0.15, -0.1) is 0 Å². The van der Waals surface area contributed by atoms with Crippen LogP contribution >= 0.6 is 0 Å². The molecular formula is C30H34N4O. The van der Waals surface area contributed by atoms with Gasteiger partial charge in [0.2, 0.25) is 5.91 Å². The molecule has 2 heterocycles. The second-order valence-corrected chi connectivity index (χ2v) is 9.92. The third-order valence-electron chi connectivity index (χ3n) is 7.21. The van der Waals surface area contributed by atoms with Crippen LogP contribution in [0.15, 0.2) is 79.1 Å². The summed E-state index contributed by atoms with van der Waals surface area (Å²) in [6.45, 7) is 2.84. The molecule has 0 spiro atoms. The lowest BCUT2D eigenvalue weighted by molar-refractivity contribution is -0.122. The highest BCUT2D eigenvalue weighted by Gasteiger charge is 2.26. The molecule has 0 radical (unpaired) electrons. The third kappa shape index (κ3) is 5.46. The smallest absolute Gasteiger partial charge is 0.221 e. The average Bonchev–Trinajstić information content (AvgIpc) is 3.23. The molecule has 2 aromatic carbocycles. The summed E-state index contributed by atoms with van der Waals surface area (Å²) in [5.74, 6) is 0.0503. The predicted octanol–water partition coefficient (Wildman–Crippen LogP) is 5.30. The number of nitrogens with zero attached hydrogens (tertiary/aromatic N) is 2. The number of hydrogen-bond acceptors (Lipinski definition) is 3. The van der Waals surface area contributed by atoms with Crippen LogP contribution in [0.1, 0.15) is 60.3 Å². The molecule has 1 fully saturated rings. The van der Waals surface area contributed by atoms with Crippen LogP contribution in [-0.2, 0) is 11.3 Å². The van der Waals surface area contributed by atoms with E-state index in [1.165, 1.54) is 11.1 Å². The molecule has 4 aromatic rings. The first-order valence-electron chi connectivity index (χ1n) is 12.7. The highest BCUT2D eigenvalue weighted by Crippen LogP contribution is 2.35. The number of aromatic nitrogens is 2. The summed E-state index contributed by atoms with van der Waals surface area (Å²) in [7, 11) is 0. The summed E-state index contributed by atoms with van der Waals surface area (Å²) < 4.78 is 2.21. The van der Waals surface area contributed by atoms with Crippen molar-refractivity contribution in [3.8, 4) is 0 Å². The van der Waals surface area contributed by atoms with E-state index in [9.17, 15) is 4.79 Å². The zero-order valence-corrected chi connectivity index (χ0v) is 20.4. The zero-order valence-electron chi connectivity index (χ0n) is 20.4. The largest absolute Gasteiger partial charge is 0.353 e. The molecule has 5 rings (SSSR count). The van der Waals surface area contributed by atoms with Gasteiger partial charge < -0.3 is 15.6 Å². The molecule has 5 nitrogen and oxygen atoms in total. The molecule has 1 amide bonds. The van der Waals surface area contributed by atoms with Gasteiger partial charge in [0, 0.05) is 48.7 Å². The Bertz CT molecular complexity index is 1290. The summed E-state index contributed by atoms with van der Waals surface area (Å²) in [4.78, 5) is 18.0. The van der Waals surface area contributed by atoms with Gasteiger partial charge in [-0.2, -0.15) is 0 Å². The summed E-state index contributed by atoms with van der Waals surface area (Å²) >= 11 is 0. The molecule has 0 bridgehead atoms. The fourth-order valence-corrected chi connectivity index (χ4v) is 5.36. The first-order valence-corrected chi connectivity index (χ1v) is 12.7. The van der Waals surface area contributed by atoms with E-state index in [1.807, 2.05) is 18.3 Å². The van der Waals surface area contributed by atoms with Gasteiger partial charge in [-0.1, -0.05) is 60.2 Å². The quantitative estimate of drug-likeness (QED) is 0.388. The molecule has 3 N–H and O–H groups in total. The van der Waals surface area contributed by atoms with Crippen molar-refractivity contribution >= 4 is 16.9 Å². The number of amides is 1. The molecule has 1 unspecified atom stereocenters. The van der Waals surface area contributed by atoms with E-state index >= 15 is 0 Å². The normalized spacial score (nSPS) is 18.9. The Morgan fingerprint density at radius 1 is 1.06 bits per heavy atom. The highest BCUT2D eigenvalue weighted by molar-refractivity contribution is 5.84. The number of aryl methyl sites for hydroxylation is 1. The SMILES string of the molecule is Cc1cccc(C(CC(=O)NC2CCC(N)CC2)c2cn(Cc3ccccc3)c3ncccc23)c1. The first-order chi connectivity index (χ1) is 17.1. The Morgan fingerprint density at radius 2 is 1.86 bits per heavy atom. The molecule has 0 aliphatic heterocycles. The van der Waals surface area contributed by atoms with E-state index in [2.05, 4.69) is 77.6 Å². The minimum absolute atomic E-state index is 0.0514. The van der Waals surface area contributed by atoms with E-state index < -0.39 is 0 Å². The van der Waals surface area contributed by atoms with Crippen LogP contribution in [0.3, 0.4) is 0 Å². The number of hydrogen-bond donors (Lipinski definition) is 2. The van der Waals surface area contributed by atoms with Crippen LogP contribution in [0.4, 0.5) is 0 Å². The van der Waals surface area contributed by atoms with Gasteiger partial charge >= 0.3 is 0 Å². The highest BCUT2D eigenvalue weighted by atomic mass is 16.1. The molecule has 180 valence electrons. The lowest BCUT2D eigenvalue weighted by atomic mass is 9.87. The van der Waals surface area contributed by atoms with Crippen molar-refractivity contribution in [2.45, 2.75) is 63.6 Å². The van der Waals surface area contributed by atoms with E-state index in [0.29, 0.717) is 6.42 Å². The molecule has 35 heavy (non-hydrogen) atoms. The number of carbonyl (C=O) groups is 1. The van der Waals surface area contributed by atoms with E-state index in [-0.39, 0.29) is 23.9 Å². The Balaban J connectivity index is 1.49. The maximum absolute atomic E-state index is 13.3. The van der Waals surface area contributed by atoms with Crippen molar-refractivity contribution in [2.24, 2.45) is 5.73 Å². The van der Waals surface area contributed by atoms with Crippen LogP contribution in [0.5, 0.6) is 0 Å². The Hall–Kier alpha value is -3.44. The van der Waals surface area contributed by atoms with Crippen molar-refractivity contribution in [1.82, 2.24) is 14.9 Å².